The van der Waals surface area contributed by atoms with E-state index in [4.69, 9.17) is 10.5 Å². The Bertz CT molecular complexity index is 495. The highest BCUT2D eigenvalue weighted by Gasteiger charge is 2.06. The van der Waals surface area contributed by atoms with Crippen LogP contribution in [0.3, 0.4) is 0 Å². The average molecular weight is 311 g/mol. The first-order valence-corrected chi connectivity index (χ1v) is 7.03. The molecule has 1 aromatic rings. The second-order valence-electron chi connectivity index (χ2n) is 5.16. The largest absolute Gasteiger partial charge is 0.494 e. The van der Waals surface area contributed by atoms with Crippen LogP contribution >= 0.6 is 12.4 Å². The van der Waals surface area contributed by atoms with Crippen molar-refractivity contribution in [2.45, 2.75) is 19.8 Å². The molecule has 0 radical (unpaired) electrons. The Morgan fingerprint density at radius 1 is 1.33 bits per heavy atom. The van der Waals surface area contributed by atoms with Gasteiger partial charge in [0.15, 0.2) is 0 Å². The molecule has 0 spiro atoms. The van der Waals surface area contributed by atoms with Crippen LogP contribution in [0.25, 0.3) is 0 Å². The molecule has 0 unspecified atom stereocenters. The fourth-order valence-corrected chi connectivity index (χ4v) is 2.33. The van der Waals surface area contributed by atoms with Crippen LogP contribution < -0.4 is 10.5 Å². The van der Waals surface area contributed by atoms with Crippen molar-refractivity contribution in [2.75, 3.05) is 26.2 Å². The number of carbonyl (C=O) groups excluding carboxylic acids is 1. The number of nitrogens with two attached hydrogens (primary N) is 1. The number of rotatable bonds is 7. The molecule has 0 atom stereocenters. The van der Waals surface area contributed by atoms with Gasteiger partial charge in [0.05, 0.1) is 13.0 Å². The third-order valence-corrected chi connectivity index (χ3v) is 3.46. The van der Waals surface area contributed by atoms with E-state index in [0.717, 1.165) is 42.9 Å². The van der Waals surface area contributed by atoms with E-state index >= 15 is 0 Å². The standard InChI is InChI=1S/C16H22N2O2.ClH/c1-13-11-15(6-5-14(13)12-16(17)19)20-10-4-9-18-7-2-3-8-18;/h2-3,5-6,11H,4,7-10,12H2,1H3,(H2,17,19);1H. The van der Waals surface area contributed by atoms with Gasteiger partial charge in [0, 0.05) is 19.6 Å². The molecule has 1 heterocycles. The fraction of sp³-hybridized carbons (Fsp3) is 0.438. The van der Waals surface area contributed by atoms with E-state index in [0.29, 0.717) is 6.61 Å². The molecule has 21 heavy (non-hydrogen) atoms. The van der Waals surface area contributed by atoms with Gasteiger partial charge in [-0.2, -0.15) is 0 Å². The molecule has 116 valence electrons. The summed E-state index contributed by atoms with van der Waals surface area (Å²) in [7, 11) is 0. The summed E-state index contributed by atoms with van der Waals surface area (Å²) < 4.78 is 5.74. The number of ether oxygens (including phenoxy) is 1. The van der Waals surface area contributed by atoms with E-state index in [2.05, 4.69) is 17.1 Å². The van der Waals surface area contributed by atoms with Crippen molar-refractivity contribution >= 4 is 18.3 Å². The summed E-state index contributed by atoms with van der Waals surface area (Å²) in [4.78, 5) is 13.3. The van der Waals surface area contributed by atoms with Crippen LogP contribution in [0.5, 0.6) is 5.75 Å². The summed E-state index contributed by atoms with van der Waals surface area (Å²) in [6, 6.07) is 5.79. The van der Waals surface area contributed by atoms with E-state index in [1.807, 2.05) is 25.1 Å². The van der Waals surface area contributed by atoms with Crippen LogP contribution in [0.4, 0.5) is 0 Å². The summed E-state index contributed by atoms with van der Waals surface area (Å²) >= 11 is 0. The first kappa shape index (κ1) is 17.5. The minimum Gasteiger partial charge on any atom is -0.494 e. The molecule has 1 aliphatic heterocycles. The maximum absolute atomic E-state index is 10.9. The van der Waals surface area contributed by atoms with Gasteiger partial charge in [0.1, 0.15) is 5.75 Å². The van der Waals surface area contributed by atoms with Crippen LogP contribution in [0.1, 0.15) is 17.5 Å². The molecule has 0 aliphatic carbocycles. The highest BCUT2D eigenvalue weighted by atomic mass is 35.5. The number of hydrogen-bond donors (Lipinski definition) is 1. The summed E-state index contributed by atoms with van der Waals surface area (Å²) in [6.45, 7) is 5.86. The van der Waals surface area contributed by atoms with Gasteiger partial charge in [-0.3, -0.25) is 9.69 Å². The second-order valence-corrected chi connectivity index (χ2v) is 5.16. The quantitative estimate of drug-likeness (QED) is 0.620. The minimum atomic E-state index is -0.305. The lowest BCUT2D eigenvalue weighted by Gasteiger charge is -2.15. The van der Waals surface area contributed by atoms with Gasteiger partial charge in [-0.15, -0.1) is 12.4 Å². The molecule has 0 fully saturated rings. The average Bonchev–Trinajstić information content (AvgIpc) is 2.90. The van der Waals surface area contributed by atoms with Gasteiger partial charge in [-0.25, -0.2) is 0 Å². The van der Waals surface area contributed by atoms with Gasteiger partial charge in [0.2, 0.25) is 5.91 Å². The minimum absolute atomic E-state index is 0. The Morgan fingerprint density at radius 2 is 2.05 bits per heavy atom. The summed E-state index contributed by atoms with van der Waals surface area (Å²) in [5.41, 5.74) is 7.22. The number of amides is 1. The molecule has 4 nitrogen and oxygen atoms in total. The zero-order valence-corrected chi connectivity index (χ0v) is 13.2. The van der Waals surface area contributed by atoms with Gasteiger partial charge in [0.25, 0.3) is 0 Å². The second kappa shape index (κ2) is 8.70. The maximum Gasteiger partial charge on any atom is 0.221 e. The number of hydrogen-bond acceptors (Lipinski definition) is 3. The number of primary amides is 1. The van der Waals surface area contributed by atoms with Gasteiger partial charge >= 0.3 is 0 Å². The lowest BCUT2D eigenvalue weighted by Crippen LogP contribution is -2.22. The number of aryl methyl sites for hydroxylation is 1. The van der Waals surface area contributed by atoms with Crippen molar-refractivity contribution in [1.29, 1.82) is 0 Å². The lowest BCUT2D eigenvalue weighted by atomic mass is 10.1. The van der Waals surface area contributed by atoms with Crippen molar-refractivity contribution in [1.82, 2.24) is 4.90 Å². The van der Waals surface area contributed by atoms with Crippen LogP contribution in [-0.4, -0.2) is 37.0 Å². The first-order valence-electron chi connectivity index (χ1n) is 7.03. The van der Waals surface area contributed by atoms with Crippen molar-refractivity contribution in [3.63, 3.8) is 0 Å². The van der Waals surface area contributed by atoms with Crippen LogP contribution in [-0.2, 0) is 11.2 Å². The third-order valence-electron chi connectivity index (χ3n) is 3.46. The molecule has 0 bridgehead atoms. The van der Waals surface area contributed by atoms with Gasteiger partial charge < -0.3 is 10.5 Å². The molecule has 5 heteroatoms. The Morgan fingerprint density at radius 3 is 2.67 bits per heavy atom. The maximum atomic E-state index is 10.9. The van der Waals surface area contributed by atoms with E-state index in [1.54, 1.807) is 0 Å². The molecular weight excluding hydrogens is 288 g/mol. The summed E-state index contributed by atoms with van der Waals surface area (Å²) in [5, 5.41) is 0. The van der Waals surface area contributed by atoms with Crippen molar-refractivity contribution in [2.24, 2.45) is 5.73 Å². The van der Waals surface area contributed by atoms with E-state index in [9.17, 15) is 4.79 Å². The van der Waals surface area contributed by atoms with Gasteiger partial charge in [-0.05, 0) is 36.6 Å². The number of halogens is 1. The number of nitrogens with zero attached hydrogens (tertiary/aromatic N) is 1. The Balaban J connectivity index is 0.00000220. The molecule has 0 saturated carbocycles. The molecule has 2 N–H and O–H groups in total. The Kier molecular flexibility index (Phi) is 7.26. The molecule has 1 amide bonds. The van der Waals surface area contributed by atoms with Crippen molar-refractivity contribution in [3.05, 3.63) is 41.5 Å². The molecular formula is C16H23ClN2O2. The van der Waals surface area contributed by atoms with Crippen molar-refractivity contribution in [3.8, 4) is 5.75 Å². The van der Waals surface area contributed by atoms with Crippen molar-refractivity contribution < 1.29 is 9.53 Å². The highest BCUT2D eigenvalue weighted by Crippen LogP contribution is 2.18. The topological polar surface area (TPSA) is 55.6 Å². The predicted molar refractivity (Wildman–Crippen MR) is 87.0 cm³/mol. The highest BCUT2D eigenvalue weighted by molar-refractivity contribution is 5.85. The molecule has 2 rings (SSSR count). The smallest absolute Gasteiger partial charge is 0.221 e. The van der Waals surface area contributed by atoms with Crippen LogP contribution in [0, 0.1) is 6.92 Å². The van der Waals surface area contributed by atoms with Gasteiger partial charge in [-0.1, -0.05) is 18.2 Å². The van der Waals surface area contributed by atoms with E-state index < -0.39 is 0 Å². The van der Waals surface area contributed by atoms with E-state index in [1.165, 1.54) is 0 Å². The Hall–Kier alpha value is -1.52. The zero-order chi connectivity index (χ0) is 14.4. The fourth-order valence-electron chi connectivity index (χ4n) is 2.33. The van der Waals surface area contributed by atoms with Crippen LogP contribution in [0.2, 0.25) is 0 Å². The Labute approximate surface area is 132 Å². The normalized spacial score (nSPS) is 14.0. The number of benzene rings is 1. The third kappa shape index (κ3) is 5.78. The monoisotopic (exact) mass is 310 g/mol. The summed E-state index contributed by atoms with van der Waals surface area (Å²) in [5.74, 6) is 0.552. The predicted octanol–water partition coefficient (Wildman–Crippen LogP) is 2.09. The zero-order valence-electron chi connectivity index (χ0n) is 12.4. The molecule has 1 aliphatic rings. The molecule has 0 aromatic heterocycles. The van der Waals surface area contributed by atoms with Crippen LogP contribution in [0.15, 0.2) is 30.4 Å². The number of carbonyl (C=O) groups is 1. The lowest BCUT2D eigenvalue weighted by molar-refractivity contribution is -0.117. The summed E-state index contributed by atoms with van der Waals surface area (Å²) in [6.07, 6.45) is 5.70. The van der Waals surface area contributed by atoms with E-state index in [-0.39, 0.29) is 24.7 Å². The SMILES string of the molecule is Cc1cc(OCCCN2CC=CC2)ccc1CC(N)=O.Cl. The molecule has 0 saturated heterocycles. The first-order chi connectivity index (χ1) is 9.65. The molecule has 1 aromatic carbocycles.